The summed E-state index contributed by atoms with van der Waals surface area (Å²) >= 11 is 0. The van der Waals surface area contributed by atoms with Gasteiger partial charge in [-0.05, 0) is 6.92 Å². The number of hydrogen-bond acceptors (Lipinski definition) is 1. The quantitative estimate of drug-likeness (QED) is 0.393. The lowest BCUT2D eigenvalue weighted by Crippen LogP contribution is -2.30. The molecule has 0 aliphatic heterocycles. The van der Waals surface area contributed by atoms with Crippen molar-refractivity contribution in [1.82, 2.24) is 5.32 Å². The average molecular weight is 113 g/mol. The smallest absolute Gasteiger partial charge is 0.193 e. The molecule has 46 valence electrons. The van der Waals surface area contributed by atoms with Crippen molar-refractivity contribution in [3.05, 3.63) is 12.8 Å². The molecule has 0 radical (unpaired) electrons. The summed E-state index contributed by atoms with van der Waals surface area (Å²) in [6, 6.07) is 0. The molecule has 0 aromatic heterocycles. The maximum absolute atomic E-state index is 5.26. The van der Waals surface area contributed by atoms with Gasteiger partial charge >= 0.3 is 0 Å². The Kier molecular flexibility index (Phi) is 3.66. The van der Waals surface area contributed by atoms with Crippen LogP contribution < -0.4 is 11.1 Å². The van der Waals surface area contributed by atoms with Gasteiger partial charge in [-0.3, -0.25) is 0 Å². The van der Waals surface area contributed by atoms with E-state index in [0.29, 0.717) is 5.96 Å². The Bertz CT molecular complexity index is 95.8. The van der Waals surface area contributed by atoms with Gasteiger partial charge in [0.15, 0.2) is 5.96 Å². The van der Waals surface area contributed by atoms with E-state index in [1.165, 1.54) is 6.20 Å². The molecule has 0 aliphatic carbocycles. The van der Waals surface area contributed by atoms with E-state index in [9.17, 15) is 0 Å². The van der Waals surface area contributed by atoms with Gasteiger partial charge in [-0.25, -0.2) is 4.99 Å². The normalized spacial score (nSPS) is 10.9. The molecule has 0 aromatic rings. The van der Waals surface area contributed by atoms with Gasteiger partial charge in [0.1, 0.15) is 0 Å². The fourth-order valence-electron chi connectivity index (χ4n) is 0.325. The zero-order chi connectivity index (χ0) is 6.41. The van der Waals surface area contributed by atoms with E-state index in [1.807, 2.05) is 6.92 Å². The number of aliphatic imine (C=N–C) groups is 1. The maximum atomic E-state index is 5.26. The highest BCUT2D eigenvalue weighted by molar-refractivity contribution is 5.78. The highest BCUT2D eigenvalue weighted by Gasteiger charge is 1.79. The van der Waals surface area contributed by atoms with E-state index >= 15 is 0 Å². The van der Waals surface area contributed by atoms with Gasteiger partial charge in [-0.1, -0.05) is 6.58 Å². The molecule has 0 saturated heterocycles. The minimum absolute atomic E-state index is 0.419. The minimum atomic E-state index is 0.419. The molecule has 0 bridgehead atoms. The highest BCUT2D eigenvalue weighted by Crippen LogP contribution is 1.64. The average Bonchev–Trinajstić information content (AvgIpc) is 1.68. The van der Waals surface area contributed by atoms with Gasteiger partial charge in [0.05, 0.1) is 0 Å². The lowest BCUT2D eigenvalue weighted by atomic mass is 10.7. The van der Waals surface area contributed by atoms with Crippen LogP contribution in [0.5, 0.6) is 0 Å². The highest BCUT2D eigenvalue weighted by atomic mass is 15.1. The fraction of sp³-hybridized carbons (Fsp3) is 0.400. The van der Waals surface area contributed by atoms with Gasteiger partial charge in [0, 0.05) is 12.7 Å². The lowest BCUT2D eigenvalue weighted by Gasteiger charge is -1.96. The monoisotopic (exact) mass is 113 g/mol. The summed E-state index contributed by atoms with van der Waals surface area (Å²) in [7, 11) is 0. The third-order valence-corrected chi connectivity index (χ3v) is 0.588. The van der Waals surface area contributed by atoms with Crippen LogP contribution >= 0.6 is 0 Å². The van der Waals surface area contributed by atoms with Crippen LogP contribution in [0.1, 0.15) is 6.92 Å². The summed E-state index contributed by atoms with van der Waals surface area (Å²) in [5.41, 5.74) is 5.26. The molecule has 3 N–H and O–H groups in total. The Morgan fingerprint density at radius 2 is 2.62 bits per heavy atom. The van der Waals surface area contributed by atoms with E-state index in [1.54, 1.807) is 0 Å². The zero-order valence-corrected chi connectivity index (χ0v) is 5.02. The first-order valence-corrected chi connectivity index (χ1v) is 2.49. The predicted molar refractivity (Wildman–Crippen MR) is 35.5 cm³/mol. The van der Waals surface area contributed by atoms with Crippen molar-refractivity contribution < 1.29 is 0 Å². The van der Waals surface area contributed by atoms with E-state index in [2.05, 4.69) is 16.9 Å². The summed E-state index contributed by atoms with van der Waals surface area (Å²) in [5.74, 6) is 0.419. The van der Waals surface area contributed by atoms with Gasteiger partial charge in [0.2, 0.25) is 0 Å². The van der Waals surface area contributed by atoms with E-state index in [0.717, 1.165) is 6.54 Å². The van der Waals surface area contributed by atoms with Crippen molar-refractivity contribution in [3.63, 3.8) is 0 Å². The Morgan fingerprint density at radius 1 is 2.00 bits per heavy atom. The Hall–Kier alpha value is -0.990. The van der Waals surface area contributed by atoms with Crippen molar-refractivity contribution >= 4 is 5.96 Å². The predicted octanol–water partition coefficient (Wildman–Crippen LogP) is 0.0541. The summed E-state index contributed by atoms with van der Waals surface area (Å²) in [5, 5.41) is 2.80. The van der Waals surface area contributed by atoms with Gasteiger partial charge in [-0.2, -0.15) is 0 Å². The van der Waals surface area contributed by atoms with Crippen LogP contribution in [0.3, 0.4) is 0 Å². The summed E-state index contributed by atoms with van der Waals surface area (Å²) in [6.45, 7) is 6.12. The number of rotatable bonds is 2. The number of nitrogens with two attached hydrogens (primary N) is 1. The Morgan fingerprint density at radius 3 is 3.00 bits per heavy atom. The van der Waals surface area contributed by atoms with Crippen molar-refractivity contribution in [3.8, 4) is 0 Å². The first-order valence-electron chi connectivity index (χ1n) is 2.49. The SMILES string of the molecule is C=C/N=C(/N)NCC. The van der Waals surface area contributed by atoms with Gasteiger partial charge in [0.25, 0.3) is 0 Å². The molecule has 0 unspecified atom stereocenters. The second-order valence-corrected chi connectivity index (χ2v) is 1.23. The van der Waals surface area contributed by atoms with Crippen LogP contribution in [-0.2, 0) is 0 Å². The zero-order valence-electron chi connectivity index (χ0n) is 5.02. The fourth-order valence-corrected chi connectivity index (χ4v) is 0.325. The molecule has 3 nitrogen and oxygen atoms in total. The lowest BCUT2D eigenvalue weighted by molar-refractivity contribution is 0.953. The van der Waals surface area contributed by atoms with Crippen molar-refractivity contribution in [1.29, 1.82) is 0 Å². The summed E-state index contributed by atoms with van der Waals surface area (Å²) in [6.07, 6.45) is 1.40. The standard InChI is InChI=1S/C5H11N3/c1-3-7-5(6)8-4-2/h3H,1,4H2,2H3,(H3,6,7,8). The van der Waals surface area contributed by atoms with Crippen LogP contribution in [0.2, 0.25) is 0 Å². The molecule has 0 amide bonds. The molecule has 0 heterocycles. The molecule has 0 aliphatic rings. The molecular weight excluding hydrogens is 102 g/mol. The first-order chi connectivity index (χ1) is 3.81. The van der Waals surface area contributed by atoms with Crippen LogP contribution in [0, 0.1) is 0 Å². The first kappa shape index (κ1) is 7.01. The van der Waals surface area contributed by atoms with Crippen LogP contribution in [0.15, 0.2) is 17.8 Å². The number of hydrogen-bond donors (Lipinski definition) is 2. The Labute approximate surface area is 49.3 Å². The van der Waals surface area contributed by atoms with Crippen molar-refractivity contribution in [2.45, 2.75) is 6.92 Å². The number of guanidine groups is 1. The molecule has 3 heteroatoms. The minimum Gasteiger partial charge on any atom is -0.370 e. The molecular formula is C5H11N3. The Balaban J connectivity index is 3.44. The summed E-state index contributed by atoms with van der Waals surface area (Å²) in [4.78, 5) is 3.66. The second-order valence-electron chi connectivity index (χ2n) is 1.23. The molecule has 0 aromatic carbocycles. The van der Waals surface area contributed by atoms with Crippen molar-refractivity contribution in [2.24, 2.45) is 10.7 Å². The summed E-state index contributed by atoms with van der Waals surface area (Å²) < 4.78 is 0. The molecule has 0 rings (SSSR count). The topological polar surface area (TPSA) is 50.4 Å². The molecule has 0 spiro atoms. The molecule has 0 atom stereocenters. The van der Waals surface area contributed by atoms with Crippen molar-refractivity contribution in [2.75, 3.05) is 6.54 Å². The molecule has 8 heavy (non-hydrogen) atoms. The van der Waals surface area contributed by atoms with Gasteiger partial charge < -0.3 is 11.1 Å². The molecule has 0 fully saturated rings. The van der Waals surface area contributed by atoms with E-state index in [-0.39, 0.29) is 0 Å². The maximum Gasteiger partial charge on any atom is 0.193 e. The largest absolute Gasteiger partial charge is 0.370 e. The van der Waals surface area contributed by atoms with Crippen LogP contribution in [0.25, 0.3) is 0 Å². The second kappa shape index (κ2) is 4.18. The van der Waals surface area contributed by atoms with Crippen LogP contribution in [0.4, 0.5) is 0 Å². The third-order valence-electron chi connectivity index (χ3n) is 0.588. The third kappa shape index (κ3) is 3.21. The van der Waals surface area contributed by atoms with Gasteiger partial charge in [-0.15, -0.1) is 0 Å². The van der Waals surface area contributed by atoms with Crippen LogP contribution in [-0.4, -0.2) is 12.5 Å². The number of nitrogens with one attached hydrogen (secondary N) is 1. The van der Waals surface area contributed by atoms with E-state index < -0.39 is 0 Å². The molecule has 0 saturated carbocycles. The number of nitrogens with zero attached hydrogens (tertiary/aromatic N) is 1. The van der Waals surface area contributed by atoms with E-state index in [4.69, 9.17) is 5.73 Å².